The Morgan fingerprint density at radius 1 is 0.935 bits per heavy atom. The predicted molar refractivity (Wildman–Crippen MR) is 112 cm³/mol. The highest BCUT2D eigenvalue weighted by Gasteiger charge is 2.24. The smallest absolute Gasteiger partial charge is 0.414 e. The van der Waals surface area contributed by atoms with E-state index in [-0.39, 0.29) is 17.2 Å². The molecule has 31 heavy (non-hydrogen) atoms. The molecule has 0 saturated carbocycles. The molecule has 3 aromatic rings. The number of pyridine rings is 1. The zero-order valence-electron chi connectivity index (χ0n) is 15.9. The molecule has 1 aromatic carbocycles. The number of carbonyl (C=O) groups excluding carboxylic acids is 3. The number of aromatic nitrogens is 3. The second-order valence-corrected chi connectivity index (χ2v) is 6.77. The number of hydrogen-bond acceptors (Lipinski definition) is 7. The number of carbonyl (C=O) groups is 3. The van der Waals surface area contributed by atoms with Crippen LogP contribution in [-0.4, -0.2) is 46.0 Å². The number of cyclic esters (lactones) is 1. The summed E-state index contributed by atoms with van der Waals surface area (Å²) < 4.78 is 4.91. The third-order valence-corrected chi connectivity index (χ3v) is 4.52. The van der Waals surface area contributed by atoms with Gasteiger partial charge in [-0.3, -0.25) is 14.5 Å². The van der Waals surface area contributed by atoms with Gasteiger partial charge in [0.15, 0.2) is 11.4 Å². The molecule has 1 fully saturated rings. The molecule has 0 aliphatic carbocycles. The highest BCUT2D eigenvalue weighted by Crippen LogP contribution is 2.21. The molecule has 2 aromatic heterocycles. The minimum atomic E-state index is -0.643. The fourth-order valence-corrected chi connectivity index (χ4v) is 2.95. The highest BCUT2D eigenvalue weighted by molar-refractivity contribution is 6.30. The number of benzene rings is 1. The molecule has 0 unspecified atom stereocenters. The first-order chi connectivity index (χ1) is 15.0. The Morgan fingerprint density at radius 3 is 2.19 bits per heavy atom. The van der Waals surface area contributed by atoms with Crippen LogP contribution in [0.3, 0.4) is 0 Å². The first-order valence-electron chi connectivity index (χ1n) is 9.11. The predicted octanol–water partition coefficient (Wildman–Crippen LogP) is 2.99. The summed E-state index contributed by atoms with van der Waals surface area (Å²) in [5.41, 5.74) is 0.794. The minimum Gasteiger partial charge on any atom is -0.447 e. The Bertz CT molecular complexity index is 1140. The Morgan fingerprint density at radius 2 is 1.61 bits per heavy atom. The van der Waals surface area contributed by atoms with Crippen LogP contribution in [0.25, 0.3) is 0 Å². The first-order valence-corrected chi connectivity index (χ1v) is 9.49. The maximum Gasteiger partial charge on any atom is 0.414 e. The van der Waals surface area contributed by atoms with Crippen molar-refractivity contribution in [2.75, 3.05) is 28.7 Å². The lowest BCUT2D eigenvalue weighted by atomic mass is 10.2. The molecule has 4 rings (SSSR count). The van der Waals surface area contributed by atoms with Gasteiger partial charge in [-0.2, -0.15) is 0 Å². The lowest BCUT2D eigenvalue weighted by molar-refractivity contribution is 0.0982. The largest absolute Gasteiger partial charge is 0.447 e. The van der Waals surface area contributed by atoms with Crippen molar-refractivity contribution in [3.8, 4) is 0 Å². The summed E-state index contributed by atoms with van der Waals surface area (Å²) in [7, 11) is 0. The van der Waals surface area contributed by atoms with Crippen LogP contribution in [0.2, 0.25) is 5.02 Å². The van der Waals surface area contributed by atoms with Crippen molar-refractivity contribution < 1.29 is 19.1 Å². The van der Waals surface area contributed by atoms with Gasteiger partial charge in [0.1, 0.15) is 12.4 Å². The number of nitrogens with one attached hydrogen (secondary N) is 2. The van der Waals surface area contributed by atoms with Gasteiger partial charge in [0.2, 0.25) is 0 Å². The summed E-state index contributed by atoms with van der Waals surface area (Å²) in [6.07, 6.45) is 3.59. The summed E-state index contributed by atoms with van der Waals surface area (Å²) in [6, 6.07) is 9.71. The molecule has 11 heteroatoms. The molecule has 2 N–H and O–H groups in total. The quantitative estimate of drug-likeness (QED) is 0.626. The van der Waals surface area contributed by atoms with Gasteiger partial charge in [-0.1, -0.05) is 11.6 Å². The van der Waals surface area contributed by atoms with E-state index in [1.54, 1.807) is 30.3 Å². The zero-order valence-corrected chi connectivity index (χ0v) is 16.7. The standard InChI is InChI=1S/C20H15ClN6O4/c21-12-1-6-15(24-11-12)26-19(29)17-16(22-7-8-23-17)18(28)25-13-2-4-14(5-3-13)27-9-10-31-20(27)30/h1-8,11H,9-10H2,(H,25,28)(H,24,26,29). The van der Waals surface area contributed by atoms with Crippen LogP contribution in [0, 0.1) is 0 Å². The van der Waals surface area contributed by atoms with Crippen molar-refractivity contribution >= 4 is 46.7 Å². The molecule has 10 nitrogen and oxygen atoms in total. The number of rotatable bonds is 5. The minimum absolute atomic E-state index is 0.152. The summed E-state index contributed by atoms with van der Waals surface area (Å²) in [6.45, 7) is 0.797. The van der Waals surface area contributed by atoms with E-state index in [0.717, 1.165) is 0 Å². The van der Waals surface area contributed by atoms with Gasteiger partial charge in [-0.05, 0) is 36.4 Å². The van der Waals surface area contributed by atoms with Gasteiger partial charge in [0, 0.05) is 30.0 Å². The van der Waals surface area contributed by atoms with Crippen molar-refractivity contribution in [1.29, 1.82) is 0 Å². The van der Waals surface area contributed by atoms with Gasteiger partial charge in [-0.25, -0.2) is 19.7 Å². The van der Waals surface area contributed by atoms with E-state index < -0.39 is 17.9 Å². The summed E-state index contributed by atoms with van der Waals surface area (Å²) in [5, 5.41) is 5.63. The number of halogens is 1. The molecule has 3 amide bonds. The van der Waals surface area contributed by atoms with Gasteiger partial charge in [0.05, 0.1) is 11.6 Å². The van der Waals surface area contributed by atoms with Crippen LogP contribution in [0.4, 0.5) is 22.0 Å². The van der Waals surface area contributed by atoms with Crippen molar-refractivity contribution in [1.82, 2.24) is 15.0 Å². The molecule has 0 bridgehead atoms. The van der Waals surface area contributed by atoms with E-state index in [9.17, 15) is 14.4 Å². The molecule has 0 spiro atoms. The lowest BCUT2D eigenvalue weighted by Crippen LogP contribution is -2.24. The third-order valence-electron chi connectivity index (χ3n) is 4.30. The fraction of sp³-hybridized carbons (Fsp3) is 0.100. The molecule has 0 atom stereocenters. The fourth-order valence-electron chi connectivity index (χ4n) is 2.84. The summed E-state index contributed by atoms with van der Waals surface area (Å²) in [4.78, 5) is 50.4. The Kier molecular flexibility index (Phi) is 5.72. The summed E-state index contributed by atoms with van der Waals surface area (Å²) in [5.74, 6) is -1.01. The Balaban J connectivity index is 1.48. The van der Waals surface area contributed by atoms with E-state index in [0.29, 0.717) is 29.5 Å². The van der Waals surface area contributed by atoms with E-state index in [1.807, 2.05) is 0 Å². The molecule has 1 aliphatic rings. The van der Waals surface area contributed by atoms with Crippen LogP contribution in [0.1, 0.15) is 21.0 Å². The summed E-state index contributed by atoms with van der Waals surface area (Å²) >= 11 is 5.79. The van der Waals surface area contributed by atoms with E-state index in [2.05, 4.69) is 25.6 Å². The van der Waals surface area contributed by atoms with Crippen molar-refractivity contribution in [3.63, 3.8) is 0 Å². The molecule has 3 heterocycles. The first kappa shape index (κ1) is 20.2. The Labute approximate surface area is 181 Å². The average Bonchev–Trinajstić information content (AvgIpc) is 3.21. The van der Waals surface area contributed by atoms with E-state index in [1.165, 1.54) is 29.6 Å². The Hall–Kier alpha value is -4.05. The highest BCUT2D eigenvalue weighted by atomic mass is 35.5. The zero-order chi connectivity index (χ0) is 21.8. The number of amides is 3. The topological polar surface area (TPSA) is 126 Å². The molecule has 1 aliphatic heterocycles. The van der Waals surface area contributed by atoms with Gasteiger partial charge < -0.3 is 15.4 Å². The SMILES string of the molecule is O=C(Nc1ccc(N2CCOC2=O)cc1)c1nccnc1C(=O)Nc1ccc(Cl)cn1. The second kappa shape index (κ2) is 8.76. The average molecular weight is 439 g/mol. The monoisotopic (exact) mass is 438 g/mol. The van der Waals surface area contributed by atoms with E-state index >= 15 is 0 Å². The van der Waals surface area contributed by atoms with Crippen molar-refractivity contribution in [3.05, 3.63) is 71.4 Å². The number of nitrogens with zero attached hydrogens (tertiary/aromatic N) is 4. The maximum atomic E-state index is 12.7. The number of anilines is 3. The van der Waals surface area contributed by atoms with E-state index in [4.69, 9.17) is 16.3 Å². The van der Waals surface area contributed by atoms with Crippen LogP contribution in [-0.2, 0) is 4.74 Å². The molecule has 156 valence electrons. The van der Waals surface area contributed by atoms with Crippen molar-refractivity contribution in [2.24, 2.45) is 0 Å². The van der Waals surface area contributed by atoms with Crippen LogP contribution < -0.4 is 15.5 Å². The van der Waals surface area contributed by atoms with Gasteiger partial charge in [0.25, 0.3) is 11.8 Å². The maximum absolute atomic E-state index is 12.7. The molecular weight excluding hydrogens is 424 g/mol. The van der Waals surface area contributed by atoms with Crippen LogP contribution >= 0.6 is 11.6 Å². The normalized spacial score (nSPS) is 12.9. The third kappa shape index (κ3) is 4.59. The molecular formula is C20H15ClN6O4. The van der Waals surface area contributed by atoms with Crippen LogP contribution in [0.15, 0.2) is 55.0 Å². The van der Waals surface area contributed by atoms with Gasteiger partial charge >= 0.3 is 6.09 Å². The van der Waals surface area contributed by atoms with Crippen LogP contribution in [0.5, 0.6) is 0 Å². The second-order valence-electron chi connectivity index (χ2n) is 6.34. The van der Waals surface area contributed by atoms with Crippen molar-refractivity contribution in [2.45, 2.75) is 0 Å². The van der Waals surface area contributed by atoms with Gasteiger partial charge in [-0.15, -0.1) is 0 Å². The molecule has 0 radical (unpaired) electrons. The number of ether oxygens (including phenoxy) is 1. The number of hydrogen-bond donors (Lipinski definition) is 2. The molecule has 1 saturated heterocycles. The lowest BCUT2D eigenvalue weighted by Gasteiger charge is -2.13.